The van der Waals surface area contributed by atoms with Gasteiger partial charge in [-0.25, -0.2) is 8.42 Å². The fraction of sp³-hybridized carbons (Fsp3) is 0.300. The average molecular weight is 401 g/mol. The number of nitrogens with zero attached hydrogens (tertiary/aromatic N) is 1. The molecular weight excluding hydrogens is 378 g/mol. The molecule has 0 aromatic heterocycles. The van der Waals surface area contributed by atoms with E-state index in [-0.39, 0.29) is 35.5 Å². The minimum Gasteiger partial charge on any atom is -0.352 e. The Bertz CT molecular complexity index is 956. The number of carbonyl (C=O) groups is 2. The van der Waals surface area contributed by atoms with Gasteiger partial charge in [-0.1, -0.05) is 24.3 Å². The molecule has 0 atom stereocenters. The van der Waals surface area contributed by atoms with Crippen LogP contribution in [0.25, 0.3) is 0 Å². The van der Waals surface area contributed by atoms with Gasteiger partial charge in [0.05, 0.1) is 17.1 Å². The van der Waals surface area contributed by atoms with Crippen molar-refractivity contribution in [3.8, 4) is 0 Å². The fourth-order valence-corrected chi connectivity index (χ4v) is 4.30. The van der Waals surface area contributed by atoms with Gasteiger partial charge in [0.2, 0.25) is 5.91 Å². The SMILES string of the molecule is CCN(c1ccccc1)S(=O)(=O)c1cccc(C(=O)NCC(=O)NC2CC2)c1. The first-order valence-corrected chi connectivity index (χ1v) is 10.6. The Kier molecular flexibility index (Phi) is 5.99. The van der Waals surface area contributed by atoms with E-state index >= 15 is 0 Å². The number of rotatable bonds is 8. The van der Waals surface area contributed by atoms with Gasteiger partial charge in [0, 0.05) is 18.2 Å². The van der Waals surface area contributed by atoms with Crippen molar-refractivity contribution in [3.05, 3.63) is 60.2 Å². The Morgan fingerprint density at radius 2 is 1.79 bits per heavy atom. The number of sulfonamides is 1. The number of amides is 2. The highest BCUT2D eigenvalue weighted by molar-refractivity contribution is 7.92. The van der Waals surface area contributed by atoms with Crippen LogP contribution in [0, 0.1) is 0 Å². The van der Waals surface area contributed by atoms with E-state index in [2.05, 4.69) is 10.6 Å². The summed E-state index contributed by atoms with van der Waals surface area (Å²) in [5.41, 5.74) is 0.737. The first-order chi connectivity index (χ1) is 13.4. The van der Waals surface area contributed by atoms with Gasteiger partial charge in [-0.3, -0.25) is 13.9 Å². The summed E-state index contributed by atoms with van der Waals surface area (Å²) in [4.78, 5) is 24.1. The summed E-state index contributed by atoms with van der Waals surface area (Å²) in [6, 6.07) is 14.8. The van der Waals surface area contributed by atoms with E-state index in [4.69, 9.17) is 0 Å². The summed E-state index contributed by atoms with van der Waals surface area (Å²) < 4.78 is 27.4. The molecule has 0 bridgehead atoms. The predicted octanol–water partition coefficient (Wildman–Crippen LogP) is 1.91. The van der Waals surface area contributed by atoms with Crippen molar-refractivity contribution in [2.45, 2.75) is 30.7 Å². The van der Waals surface area contributed by atoms with Gasteiger partial charge < -0.3 is 10.6 Å². The van der Waals surface area contributed by atoms with Gasteiger partial charge in [0.1, 0.15) is 0 Å². The van der Waals surface area contributed by atoms with Crippen LogP contribution >= 0.6 is 0 Å². The molecule has 0 unspecified atom stereocenters. The van der Waals surface area contributed by atoms with Crippen molar-refractivity contribution in [1.29, 1.82) is 0 Å². The molecule has 1 saturated carbocycles. The van der Waals surface area contributed by atoms with E-state index in [0.717, 1.165) is 12.8 Å². The third-order valence-electron chi connectivity index (χ3n) is 4.37. The summed E-state index contributed by atoms with van der Waals surface area (Å²) in [5.74, 6) is -0.744. The van der Waals surface area contributed by atoms with Crippen LogP contribution in [0.15, 0.2) is 59.5 Å². The molecule has 2 amide bonds. The lowest BCUT2D eigenvalue weighted by Gasteiger charge is -2.23. The van der Waals surface area contributed by atoms with Crippen molar-refractivity contribution in [2.24, 2.45) is 0 Å². The first kappa shape index (κ1) is 19.9. The van der Waals surface area contributed by atoms with Gasteiger partial charge in [-0.05, 0) is 50.1 Å². The quantitative estimate of drug-likeness (QED) is 0.706. The lowest BCUT2D eigenvalue weighted by molar-refractivity contribution is -0.120. The maximum absolute atomic E-state index is 13.1. The lowest BCUT2D eigenvalue weighted by Crippen LogP contribution is -2.38. The summed E-state index contributed by atoms with van der Waals surface area (Å²) in [6.45, 7) is 1.86. The third kappa shape index (κ3) is 4.69. The zero-order chi connectivity index (χ0) is 20.1. The molecule has 1 aliphatic carbocycles. The second kappa shape index (κ2) is 8.43. The van der Waals surface area contributed by atoms with Crippen LogP contribution in [0.2, 0.25) is 0 Å². The molecule has 0 aliphatic heterocycles. The molecule has 0 heterocycles. The van der Waals surface area contributed by atoms with Crippen LogP contribution in [0.5, 0.6) is 0 Å². The summed E-state index contributed by atoms with van der Waals surface area (Å²) in [6.07, 6.45) is 1.93. The minimum absolute atomic E-state index is 0.0216. The van der Waals surface area contributed by atoms with Crippen molar-refractivity contribution in [1.82, 2.24) is 10.6 Å². The number of hydrogen-bond donors (Lipinski definition) is 2. The predicted molar refractivity (Wildman–Crippen MR) is 107 cm³/mol. The Labute approximate surface area is 164 Å². The van der Waals surface area contributed by atoms with Gasteiger partial charge in [-0.15, -0.1) is 0 Å². The molecule has 2 aromatic rings. The minimum atomic E-state index is -3.83. The molecule has 3 rings (SSSR count). The van der Waals surface area contributed by atoms with E-state index in [1.54, 1.807) is 31.2 Å². The number of nitrogens with one attached hydrogen (secondary N) is 2. The first-order valence-electron chi connectivity index (χ1n) is 9.17. The standard InChI is InChI=1S/C20H23N3O4S/c1-2-23(17-8-4-3-5-9-17)28(26,27)18-10-6-7-15(13-18)20(25)21-14-19(24)22-16-11-12-16/h3-10,13,16H,2,11-12,14H2,1H3,(H,21,25)(H,22,24). The molecule has 2 N–H and O–H groups in total. The number of carbonyl (C=O) groups excluding carboxylic acids is 2. The van der Waals surface area contributed by atoms with E-state index in [9.17, 15) is 18.0 Å². The van der Waals surface area contributed by atoms with E-state index in [1.165, 1.54) is 28.6 Å². The maximum atomic E-state index is 13.1. The van der Waals surface area contributed by atoms with E-state index in [1.807, 2.05) is 6.07 Å². The van der Waals surface area contributed by atoms with E-state index in [0.29, 0.717) is 5.69 Å². The number of benzene rings is 2. The highest BCUT2D eigenvalue weighted by Crippen LogP contribution is 2.23. The molecule has 2 aromatic carbocycles. The summed E-state index contributed by atoms with van der Waals surface area (Å²) >= 11 is 0. The van der Waals surface area contributed by atoms with Crippen molar-refractivity contribution in [3.63, 3.8) is 0 Å². The van der Waals surface area contributed by atoms with Crippen LogP contribution < -0.4 is 14.9 Å². The zero-order valence-electron chi connectivity index (χ0n) is 15.6. The second-order valence-corrected chi connectivity index (χ2v) is 8.42. The number of para-hydroxylation sites is 1. The van der Waals surface area contributed by atoms with Crippen LogP contribution in [-0.2, 0) is 14.8 Å². The zero-order valence-corrected chi connectivity index (χ0v) is 16.4. The largest absolute Gasteiger partial charge is 0.352 e. The van der Waals surface area contributed by atoms with Gasteiger partial charge in [-0.2, -0.15) is 0 Å². The highest BCUT2D eigenvalue weighted by Gasteiger charge is 2.25. The Morgan fingerprint density at radius 3 is 2.43 bits per heavy atom. The van der Waals surface area contributed by atoms with Crippen molar-refractivity contribution >= 4 is 27.5 Å². The van der Waals surface area contributed by atoms with Crippen molar-refractivity contribution in [2.75, 3.05) is 17.4 Å². The third-order valence-corrected chi connectivity index (χ3v) is 6.27. The van der Waals surface area contributed by atoms with Gasteiger partial charge in [0.15, 0.2) is 0 Å². The molecule has 1 fully saturated rings. The number of anilines is 1. The van der Waals surface area contributed by atoms with Gasteiger partial charge in [0.25, 0.3) is 15.9 Å². The average Bonchev–Trinajstić information content (AvgIpc) is 3.51. The molecule has 148 valence electrons. The molecular formula is C20H23N3O4S. The van der Waals surface area contributed by atoms with Gasteiger partial charge >= 0.3 is 0 Å². The Morgan fingerprint density at radius 1 is 1.07 bits per heavy atom. The van der Waals surface area contributed by atoms with Crippen LogP contribution in [0.3, 0.4) is 0 Å². The molecule has 0 saturated heterocycles. The van der Waals surface area contributed by atoms with Crippen molar-refractivity contribution < 1.29 is 18.0 Å². The molecule has 28 heavy (non-hydrogen) atoms. The Balaban J connectivity index is 1.75. The van der Waals surface area contributed by atoms with E-state index < -0.39 is 15.9 Å². The Hall–Kier alpha value is -2.87. The van der Waals surface area contributed by atoms with Crippen LogP contribution in [0.4, 0.5) is 5.69 Å². The van der Waals surface area contributed by atoms with Crippen LogP contribution in [-0.4, -0.2) is 39.4 Å². The highest BCUT2D eigenvalue weighted by atomic mass is 32.2. The summed E-state index contributed by atoms with van der Waals surface area (Å²) in [5, 5.41) is 5.31. The molecule has 0 radical (unpaired) electrons. The smallest absolute Gasteiger partial charge is 0.264 e. The topological polar surface area (TPSA) is 95.6 Å². The maximum Gasteiger partial charge on any atom is 0.264 e. The molecule has 7 nitrogen and oxygen atoms in total. The molecule has 8 heteroatoms. The normalized spacial score (nSPS) is 13.6. The second-order valence-electron chi connectivity index (χ2n) is 6.56. The summed E-state index contributed by atoms with van der Waals surface area (Å²) in [7, 11) is -3.83. The van der Waals surface area contributed by atoms with Crippen LogP contribution in [0.1, 0.15) is 30.1 Å². The molecule has 0 spiro atoms. The molecule has 1 aliphatic rings. The number of hydrogen-bond acceptors (Lipinski definition) is 4. The fourth-order valence-electron chi connectivity index (χ4n) is 2.78. The lowest BCUT2D eigenvalue weighted by atomic mass is 10.2. The monoisotopic (exact) mass is 401 g/mol.